The largest absolute Gasteiger partial charge is 0.372 e. The van der Waals surface area contributed by atoms with Gasteiger partial charge in [-0.2, -0.15) is 0 Å². The van der Waals surface area contributed by atoms with Gasteiger partial charge in [-0.05, 0) is 60.7 Å². The molecule has 0 radical (unpaired) electrons. The first-order valence-corrected chi connectivity index (χ1v) is 8.09. The number of aromatic nitrogens is 1. The van der Waals surface area contributed by atoms with Crippen LogP contribution in [0, 0.1) is 0 Å². The van der Waals surface area contributed by atoms with Gasteiger partial charge in [-0.25, -0.2) is 9.98 Å². The van der Waals surface area contributed by atoms with Crippen molar-refractivity contribution in [3.63, 3.8) is 0 Å². The van der Waals surface area contributed by atoms with Gasteiger partial charge in [0.05, 0.1) is 22.8 Å². The molecule has 6 heteroatoms. The number of nitrogens with zero attached hydrogens (tertiary/aromatic N) is 2. The zero-order chi connectivity index (χ0) is 16.8. The second kappa shape index (κ2) is 6.50. The predicted molar refractivity (Wildman–Crippen MR) is 98.3 cm³/mol. The van der Waals surface area contributed by atoms with Crippen molar-refractivity contribution < 1.29 is 25.9 Å². The Morgan fingerprint density at radius 3 is 2.35 bits per heavy atom. The number of allylic oxidation sites excluding steroid dienone is 6. The molecule has 2 N–H and O–H groups in total. The number of carbonyl (C=O) groups excluding carboxylic acids is 1. The third kappa shape index (κ3) is 3.18. The quantitative estimate of drug-likeness (QED) is 0.543. The summed E-state index contributed by atoms with van der Waals surface area (Å²) in [6.07, 6.45) is 17.1. The SMILES string of the molecule is O=C1C=C2C=c3ccc([nH]3)=CC3=NC(=CC4=NC(=CC1N2)C=C4)C=C3.[W]. The molecule has 5 heterocycles. The van der Waals surface area contributed by atoms with Crippen LogP contribution in [0.4, 0.5) is 0 Å². The van der Waals surface area contributed by atoms with Crippen LogP contribution in [0.3, 0.4) is 0 Å². The summed E-state index contributed by atoms with van der Waals surface area (Å²) >= 11 is 0. The number of carbonyl (C=O) groups is 1. The van der Waals surface area contributed by atoms with Crippen molar-refractivity contribution >= 4 is 29.4 Å². The number of ketones is 1. The Morgan fingerprint density at radius 2 is 1.50 bits per heavy atom. The second-order valence-corrected chi connectivity index (χ2v) is 6.18. The monoisotopic (exact) mass is 510 g/mol. The molecule has 4 aliphatic rings. The van der Waals surface area contributed by atoms with E-state index in [9.17, 15) is 4.79 Å². The van der Waals surface area contributed by atoms with Gasteiger partial charge in [0.2, 0.25) is 0 Å². The van der Waals surface area contributed by atoms with Gasteiger partial charge in [0.1, 0.15) is 6.04 Å². The van der Waals surface area contributed by atoms with Crippen molar-refractivity contribution in [1.82, 2.24) is 10.3 Å². The molecule has 4 aliphatic heterocycles. The standard InChI is InChI=1S/C20H14N4O.W/c25-20-11-18-9-16-4-3-14(22-16)7-12-1-2-13(21-12)8-15-5-6-17(23-15)10-19(20)24-18;/h1-11,19,22,24H;. The molecular weight excluding hydrogens is 496 g/mol. The summed E-state index contributed by atoms with van der Waals surface area (Å²) in [7, 11) is 0. The molecule has 0 aliphatic carbocycles. The number of fused-ring (bicyclic) bond motifs is 6. The predicted octanol–water partition coefficient (Wildman–Crippen LogP) is 0.801. The first kappa shape index (κ1) is 16.7. The number of hydrogen-bond donors (Lipinski definition) is 2. The van der Waals surface area contributed by atoms with Gasteiger partial charge in [-0.3, -0.25) is 4.79 Å². The molecule has 5 rings (SSSR count). The molecule has 0 saturated heterocycles. The first-order valence-electron chi connectivity index (χ1n) is 8.09. The van der Waals surface area contributed by atoms with E-state index in [0.717, 1.165) is 39.2 Å². The van der Waals surface area contributed by atoms with Crippen LogP contribution in [-0.2, 0) is 25.9 Å². The normalized spacial score (nSPS) is 22.2. The van der Waals surface area contributed by atoms with Crippen LogP contribution < -0.4 is 16.0 Å². The summed E-state index contributed by atoms with van der Waals surface area (Å²) in [6, 6.07) is 3.59. The van der Waals surface area contributed by atoms with E-state index >= 15 is 0 Å². The minimum Gasteiger partial charge on any atom is -0.372 e. The van der Waals surface area contributed by atoms with E-state index in [1.54, 1.807) is 6.08 Å². The molecule has 1 unspecified atom stereocenters. The number of nitrogens with one attached hydrogen (secondary N) is 2. The molecular formula is C20H14N4OW. The average molecular weight is 510 g/mol. The van der Waals surface area contributed by atoms with E-state index in [1.165, 1.54) is 0 Å². The van der Waals surface area contributed by atoms with Crippen LogP contribution in [-0.4, -0.2) is 28.2 Å². The van der Waals surface area contributed by atoms with Crippen molar-refractivity contribution in [2.24, 2.45) is 9.98 Å². The van der Waals surface area contributed by atoms with Crippen LogP contribution in [0.15, 0.2) is 81.7 Å². The molecule has 1 aromatic rings. The van der Waals surface area contributed by atoms with Gasteiger partial charge in [-0.15, -0.1) is 0 Å². The summed E-state index contributed by atoms with van der Waals surface area (Å²) in [5, 5.41) is 5.12. The molecule has 1 aromatic heterocycles. The number of aliphatic imine (C=N–C) groups is 2. The van der Waals surface area contributed by atoms with Crippen molar-refractivity contribution in [3.05, 3.63) is 82.5 Å². The number of hydrogen-bond acceptors (Lipinski definition) is 4. The number of H-pyrrole nitrogens is 1. The Kier molecular flexibility index (Phi) is 4.17. The van der Waals surface area contributed by atoms with Gasteiger partial charge in [0, 0.05) is 43.5 Å². The Balaban J connectivity index is 0.00000168. The summed E-state index contributed by atoms with van der Waals surface area (Å²) < 4.78 is 0. The van der Waals surface area contributed by atoms with Gasteiger partial charge < -0.3 is 10.3 Å². The molecule has 126 valence electrons. The third-order valence-electron chi connectivity index (χ3n) is 4.27. The van der Waals surface area contributed by atoms with Crippen molar-refractivity contribution in [2.75, 3.05) is 0 Å². The van der Waals surface area contributed by atoms with E-state index in [1.807, 2.05) is 60.7 Å². The topological polar surface area (TPSA) is 69.6 Å². The maximum Gasteiger partial charge on any atom is 0.183 e. The van der Waals surface area contributed by atoms with Gasteiger partial charge in [0.25, 0.3) is 0 Å². The minimum atomic E-state index is -0.383. The van der Waals surface area contributed by atoms with E-state index in [4.69, 9.17) is 0 Å². The van der Waals surface area contributed by atoms with Gasteiger partial charge in [0.15, 0.2) is 5.78 Å². The Labute approximate surface area is 164 Å². The molecule has 5 nitrogen and oxygen atoms in total. The summed E-state index contributed by atoms with van der Waals surface area (Å²) in [6.45, 7) is 0. The maximum atomic E-state index is 12.2. The maximum absolute atomic E-state index is 12.2. The zero-order valence-corrected chi connectivity index (χ0v) is 16.6. The smallest absolute Gasteiger partial charge is 0.183 e. The Bertz CT molecular complexity index is 1140. The van der Waals surface area contributed by atoms with Crippen LogP contribution in [0.25, 0.3) is 12.2 Å². The fourth-order valence-corrected chi connectivity index (χ4v) is 3.11. The molecule has 0 fully saturated rings. The van der Waals surface area contributed by atoms with Crippen LogP contribution in [0.5, 0.6) is 0 Å². The average Bonchev–Trinajstić information content (AvgIpc) is 3.33. The Morgan fingerprint density at radius 1 is 0.808 bits per heavy atom. The fraction of sp³-hybridized carbons (Fsp3) is 0.0500. The van der Waals surface area contributed by atoms with E-state index in [2.05, 4.69) is 20.3 Å². The van der Waals surface area contributed by atoms with Crippen molar-refractivity contribution in [3.8, 4) is 0 Å². The van der Waals surface area contributed by atoms with Gasteiger partial charge >= 0.3 is 0 Å². The fourth-order valence-electron chi connectivity index (χ4n) is 3.11. The van der Waals surface area contributed by atoms with E-state index < -0.39 is 0 Å². The van der Waals surface area contributed by atoms with Crippen LogP contribution in [0.2, 0.25) is 0 Å². The molecule has 8 bridgehead atoms. The van der Waals surface area contributed by atoms with E-state index in [0.29, 0.717) is 0 Å². The van der Waals surface area contributed by atoms with Crippen molar-refractivity contribution in [1.29, 1.82) is 0 Å². The molecule has 0 saturated carbocycles. The minimum absolute atomic E-state index is 0. The number of rotatable bonds is 0. The molecule has 0 aromatic carbocycles. The summed E-state index contributed by atoms with van der Waals surface area (Å²) in [4.78, 5) is 24.7. The van der Waals surface area contributed by atoms with Crippen LogP contribution in [0.1, 0.15) is 0 Å². The summed E-state index contributed by atoms with van der Waals surface area (Å²) in [5.74, 6) is 0.0318. The Hall–Kier alpha value is -2.78. The molecule has 26 heavy (non-hydrogen) atoms. The molecule has 1 atom stereocenters. The molecule has 0 spiro atoms. The zero-order valence-electron chi connectivity index (χ0n) is 13.6. The third-order valence-corrected chi connectivity index (χ3v) is 4.27. The number of aromatic amines is 1. The first-order chi connectivity index (χ1) is 12.2. The second-order valence-electron chi connectivity index (χ2n) is 6.18. The van der Waals surface area contributed by atoms with E-state index in [-0.39, 0.29) is 32.9 Å². The van der Waals surface area contributed by atoms with Crippen LogP contribution >= 0.6 is 0 Å². The van der Waals surface area contributed by atoms with Gasteiger partial charge in [-0.1, -0.05) is 0 Å². The molecule has 0 amide bonds. The summed E-state index contributed by atoms with van der Waals surface area (Å²) in [5.41, 5.74) is 4.15. The van der Waals surface area contributed by atoms with Crippen molar-refractivity contribution in [2.45, 2.75) is 6.04 Å².